The lowest BCUT2D eigenvalue weighted by Crippen LogP contribution is -2.43. The van der Waals surface area contributed by atoms with Crippen molar-refractivity contribution in [1.29, 1.82) is 0 Å². The van der Waals surface area contributed by atoms with E-state index in [1.807, 2.05) is 29.2 Å². The van der Waals surface area contributed by atoms with Gasteiger partial charge >= 0.3 is 0 Å². The SMILES string of the molecule is Cc1ccc2nc(N(CCN3CCOCC3)C(=O)Cc3cccc4ccccc34)sc2c1.Cl. The number of ether oxygens (including phenoxy) is 1. The summed E-state index contributed by atoms with van der Waals surface area (Å²) >= 11 is 1.60. The van der Waals surface area contributed by atoms with Crippen LogP contribution in [-0.2, 0) is 16.0 Å². The molecule has 2 heterocycles. The minimum atomic E-state index is 0. The van der Waals surface area contributed by atoms with Crippen molar-refractivity contribution in [2.24, 2.45) is 0 Å². The molecule has 7 heteroatoms. The molecule has 172 valence electrons. The fourth-order valence-electron chi connectivity index (χ4n) is 4.23. The zero-order chi connectivity index (χ0) is 21.9. The van der Waals surface area contributed by atoms with E-state index in [0.29, 0.717) is 13.0 Å². The summed E-state index contributed by atoms with van der Waals surface area (Å²) in [6.45, 7) is 6.85. The molecule has 1 aromatic heterocycles. The molecule has 0 atom stereocenters. The third kappa shape index (κ3) is 5.36. The van der Waals surface area contributed by atoms with Crippen LogP contribution in [0.25, 0.3) is 21.0 Å². The first kappa shape index (κ1) is 23.6. The standard InChI is InChI=1S/C26H27N3O2S.ClH/c1-19-9-10-23-24(17-19)32-26(27-23)29(12-11-28-13-15-31-16-14-28)25(30)18-21-7-4-6-20-5-2-3-8-22(20)21;/h2-10,17H,11-16,18H2,1H3;1H. The molecule has 1 saturated heterocycles. The Morgan fingerprint density at radius 1 is 1.09 bits per heavy atom. The van der Waals surface area contributed by atoms with E-state index in [4.69, 9.17) is 9.72 Å². The summed E-state index contributed by atoms with van der Waals surface area (Å²) in [6.07, 6.45) is 0.361. The summed E-state index contributed by atoms with van der Waals surface area (Å²) in [5.41, 5.74) is 3.21. The van der Waals surface area contributed by atoms with E-state index in [1.165, 1.54) is 5.56 Å². The Hall–Kier alpha value is -2.51. The number of thiazole rings is 1. The van der Waals surface area contributed by atoms with Gasteiger partial charge in [-0.25, -0.2) is 4.98 Å². The largest absolute Gasteiger partial charge is 0.379 e. The molecule has 3 aromatic carbocycles. The number of benzene rings is 3. The first-order chi connectivity index (χ1) is 15.7. The zero-order valence-corrected chi connectivity index (χ0v) is 20.3. The third-order valence-corrected chi connectivity index (χ3v) is 7.07. The number of anilines is 1. The molecule has 0 saturated carbocycles. The topological polar surface area (TPSA) is 45.7 Å². The van der Waals surface area contributed by atoms with E-state index in [2.05, 4.69) is 48.2 Å². The van der Waals surface area contributed by atoms with Crippen molar-refractivity contribution in [2.75, 3.05) is 44.3 Å². The normalized spacial score (nSPS) is 14.3. The predicted octanol–water partition coefficient (Wildman–Crippen LogP) is 5.09. The summed E-state index contributed by atoms with van der Waals surface area (Å²) in [5.74, 6) is 0.0883. The van der Waals surface area contributed by atoms with E-state index in [9.17, 15) is 4.79 Å². The first-order valence-corrected chi connectivity index (χ1v) is 11.9. The number of hydrogen-bond acceptors (Lipinski definition) is 5. The molecule has 5 nitrogen and oxygen atoms in total. The highest BCUT2D eigenvalue weighted by atomic mass is 35.5. The summed E-state index contributed by atoms with van der Waals surface area (Å²) < 4.78 is 6.60. The van der Waals surface area contributed by atoms with Crippen LogP contribution < -0.4 is 4.90 Å². The van der Waals surface area contributed by atoms with Gasteiger partial charge in [0, 0.05) is 26.2 Å². The van der Waals surface area contributed by atoms with Crippen molar-refractivity contribution in [2.45, 2.75) is 13.3 Å². The van der Waals surface area contributed by atoms with E-state index in [-0.39, 0.29) is 18.3 Å². The van der Waals surface area contributed by atoms with Crippen LogP contribution >= 0.6 is 23.7 Å². The second-order valence-corrected chi connectivity index (χ2v) is 9.29. The summed E-state index contributed by atoms with van der Waals surface area (Å²) in [4.78, 5) is 22.7. The quantitative estimate of drug-likeness (QED) is 0.385. The van der Waals surface area contributed by atoms with Crippen LogP contribution in [0.1, 0.15) is 11.1 Å². The molecule has 0 spiro atoms. The Morgan fingerprint density at radius 2 is 1.88 bits per heavy atom. The smallest absolute Gasteiger partial charge is 0.233 e. The van der Waals surface area contributed by atoms with Crippen LogP contribution in [0.5, 0.6) is 0 Å². The van der Waals surface area contributed by atoms with E-state index in [0.717, 1.165) is 64.5 Å². The summed E-state index contributed by atoms with van der Waals surface area (Å²) in [5, 5.41) is 3.08. The van der Waals surface area contributed by atoms with Crippen LogP contribution in [0.4, 0.5) is 5.13 Å². The second-order valence-electron chi connectivity index (χ2n) is 8.28. The molecule has 0 radical (unpaired) electrons. The van der Waals surface area contributed by atoms with Gasteiger partial charge < -0.3 is 4.74 Å². The third-order valence-electron chi connectivity index (χ3n) is 6.03. The van der Waals surface area contributed by atoms with Gasteiger partial charge in [-0.2, -0.15) is 0 Å². The fraction of sp³-hybridized carbons (Fsp3) is 0.308. The van der Waals surface area contributed by atoms with Crippen molar-refractivity contribution >= 4 is 55.8 Å². The molecule has 0 unspecified atom stereocenters. The molecule has 33 heavy (non-hydrogen) atoms. The highest BCUT2D eigenvalue weighted by molar-refractivity contribution is 7.22. The fourth-order valence-corrected chi connectivity index (χ4v) is 5.34. The maximum Gasteiger partial charge on any atom is 0.233 e. The molecule has 0 N–H and O–H groups in total. The Kier molecular flexibility index (Phi) is 7.60. The van der Waals surface area contributed by atoms with Gasteiger partial charge in [-0.3, -0.25) is 14.6 Å². The summed E-state index contributed by atoms with van der Waals surface area (Å²) in [7, 11) is 0. The van der Waals surface area contributed by atoms with Gasteiger partial charge in [0.05, 0.1) is 29.9 Å². The number of aromatic nitrogens is 1. The monoisotopic (exact) mass is 481 g/mol. The molecule has 0 bridgehead atoms. The maximum atomic E-state index is 13.6. The van der Waals surface area contributed by atoms with Gasteiger partial charge in [-0.05, 0) is 41.0 Å². The molecule has 4 aromatic rings. The molecular weight excluding hydrogens is 454 g/mol. The molecule has 5 rings (SSSR count). The zero-order valence-electron chi connectivity index (χ0n) is 18.7. The van der Waals surface area contributed by atoms with E-state index in [1.54, 1.807) is 11.3 Å². The van der Waals surface area contributed by atoms with Gasteiger partial charge in [0.25, 0.3) is 0 Å². The van der Waals surface area contributed by atoms with Crippen molar-refractivity contribution in [3.63, 3.8) is 0 Å². The Balaban J connectivity index is 0.00000259. The molecule has 1 aliphatic rings. The lowest BCUT2D eigenvalue weighted by Gasteiger charge is -2.29. The van der Waals surface area contributed by atoms with Gasteiger partial charge in [-0.1, -0.05) is 59.9 Å². The molecule has 0 aliphatic carbocycles. The second kappa shape index (κ2) is 10.6. The van der Waals surface area contributed by atoms with Crippen LogP contribution in [0.2, 0.25) is 0 Å². The van der Waals surface area contributed by atoms with Gasteiger partial charge in [0.15, 0.2) is 5.13 Å². The highest BCUT2D eigenvalue weighted by Gasteiger charge is 2.22. The van der Waals surface area contributed by atoms with Crippen LogP contribution in [-0.4, -0.2) is 55.2 Å². The Labute approximate surface area is 204 Å². The van der Waals surface area contributed by atoms with Crippen molar-refractivity contribution in [1.82, 2.24) is 9.88 Å². The lowest BCUT2D eigenvalue weighted by atomic mass is 10.0. The highest BCUT2D eigenvalue weighted by Crippen LogP contribution is 2.30. The van der Waals surface area contributed by atoms with Crippen molar-refractivity contribution < 1.29 is 9.53 Å². The lowest BCUT2D eigenvalue weighted by molar-refractivity contribution is -0.118. The van der Waals surface area contributed by atoms with E-state index < -0.39 is 0 Å². The number of rotatable bonds is 6. The molecule has 1 fully saturated rings. The number of aryl methyl sites for hydroxylation is 1. The first-order valence-electron chi connectivity index (χ1n) is 11.1. The van der Waals surface area contributed by atoms with E-state index >= 15 is 0 Å². The number of carbonyl (C=O) groups excluding carboxylic acids is 1. The number of amides is 1. The van der Waals surface area contributed by atoms with Crippen LogP contribution in [0.3, 0.4) is 0 Å². The minimum absolute atomic E-state index is 0. The number of fused-ring (bicyclic) bond motifs is 2. The molecular formula is C26H28ClN3O2S. The molecule has 1 amide bonds. The maximum absolute atomic E-state index is 13.6. The van der Waals surface area contributed by atoms with Gasteiger partial charge in [0.1, 0.15) is 0 Å². The Bertz CT molecular complexity index is 1250. The van der Waals surface area contributed by atoms with Crippen molar-refractivity contribution in [3.05, 3.63) is 71.8 Å². The Morgan fingerprint density at radius 3 is 2.73 bits per heavy atom. The molecule has 1 aliphatic heterocycles. The van der Waals surface area contributed by atoms with Gasteiger partial charge in [-0.15, -0.1) is 12.4 Å². The number of halogens is 1. The average Bonchev–Trinajstić information content (AvgIpc) is 3.23. The number of hydrogen-bond donors (Lipinski definition) is 0. The predicted molar refractivity (Wildman–Crippen MR) is 139 cm³/mol. The number of morpholine rings is 1. The van der Waals surface area contributed by atoms with Gasteiger partial charge in [0.2, 0.25) is 5.91 Å². The van der Waals surface area contributed by atoms with Crippen LogP contribution in [0.15, 0.2) is 60.7 Å². The average molecular weight is 482 g/mol. The van der Waals surface area contributed by atoms with Crippen LogP contribution in [0, 0.1) is 6.92 Å². The minimum Gasteiger partial charge on any atom is -0.379 e. The number of carbonyl (C=O) groups is 1. The number of nitrogens with zero attached hydrogens (tertiary/aromatic N) is 3. The summed E-state index contributed by atoms with van der Waals surface area (Å²) in [6, 6.07) is 20.7. The van der Waals surface area contributed by atoms with Crippen molar-refractivity contribution in [3.8, 4) is 0 Å².